The van der Waals surface area contributed by atoms with E-state index in [1.807, 2.05) is 0 Å². The minimum absolute atomic E-state index is 0.0321. The number of carbonyl (C=O) groups excluding carboxylic acids is 1. The summed E-state index contributed by atoms with van der Waals surface area (Å²) in [5.41, 5.74) is 0.962. The first kappa shape index (κ1) is 17.3. The van der Waals surface area contributed by atoms with E-state index in [1.165, 1.54) is 16.8 Å². The summed E-state index contributed by atoms with van der Waals surface area (Å²) in [6, 6.07) is 6.30. The molecule has 3 aromatic heterocycles. The van der Waals surface area contributed by atoms with Crippen LogP contribution in [0.25, 0.3) is 5.65 Å². The molecular weight excluding hydrogens is 366 g/mol. The Balaban J connectivity index is 1.96. The van der Waals surface area contributed by atoms with Gasteiger partial charge in [-0.15, -0.1) is 10.2 Å². The van der Waals surface area contributed by atoms with Crippen molar-refractivity contribution in [3.63, 3.8) is 0 Å². The third-order valence-electron chi connectivity index (χ3n) is 3.38. The van der Waals surface area contributed by atoms with Crippen LogP contribution in [0.1, 0.15) is 23.7 Å². The van der Waals surface area contributed by atoms with E-state index in [1.54, 1.807) is 31.2 Å². The zero-order valence-electron chi connectivity index (χ0n) is 13.2. The summed E-state index contributed by atoms with van der Waals surface area (Å²) in [7, 11) is -3.55. The summed E-state index contributed by atoms with van der Waals surface area (Å²) in [5.74, 6) is -0.487. The van der Waals surface area contributed by atoms with E-state index in [2.05, 4.69) is 20.5 Å². The average molecular weight is 380 g/mol. The van der Waals surface area contributed by atoms with Crippen LogP contribution in [-0.4, -0.2) is 39.7 Å². The number of amides is 1. The fourth-order valence-corrected chi connectivity index (χ4v) is 3.81. The van der Waals surface area contributed by atoms with Gasteiger partial charge in [0, 0.05) is 12.4 Å². The first-order chi connectivity index (χ1) is 11.9. The number of aromatic nitrogens is 4. The highest BCUT2D eigenvalue weighted by Crippen LogP contribution is 2.18. The molecule has 0 atom stereocenters. The molecule has 0 bridgehead atoms. The molecule has 3 rings (SSSR count). The van der Waals surface area contributed by atoms with Gasteiger partial charge in [0.15, 0.2) is 5.65 Å². The van der Waals surface area contributed by atoms with E-state index < -0.39 is 15.7 Å². The van der Waals surface area contributed by atoms with Gasteiger partial charge in [0.05, 0.1) is 17.0 Å². The Kier molecular flexibility index (Phi) is 4.69. The molecule has 0 aliphatic carbocycles. The van der Waals surface area contributed by atoms with Gasteiger partial charge in [0.2, 0.25) is 9.84 Å². The molecule has 0 unspecified atom stereocenters. The van der Waals surface area contributed by atoms with Crippen molar-refractivity contribution in [2.75, 3.05) is 11.1 Å². The topological polar surface area (TPSA) is 106 Å². The highest BCUT2D eigenvalue weighted by molar-refractivity contribution is 7.91. The minimum Gasteiger partial charge on any atom is -0.321 e. The highest BCUT2D eigenvalue weighted by atomic mass is 35.5. The summed E-state index contributed by atoms with van der Waals surface area (Å²) in [6.45, 7) is 1.77. The van der Waals surface area contributed by atoms with Crippen molar-refractivity contribution in [1.29, 1.82) is 0 Å². The largest absolute Gasteiger partial charge is 0.321 e. The predicted molar refractivity (Wildman–Crippen MR) is 92.5 cm³/mol. The standard InChI is InChI=1S/C15H14ClN5O3S/c1-2-8-25(23,24)15-20-19-12-6-5-10(9-21(12)15)18-14(22)11-4-3-7-17-13(11)16/h3-7,9H,2,8H2,1H3,(H,18,22). The maximum Gasteiger partial charge on any atom is 0.258 e. The van der Waals surface area contributed by atoms with Crippen LogP contribution in [0.4, 0.5) is 5.69 Å². The molecule has 0 radical (unpaired) electrons. The third kappa shape index (κ3) is 3.47. The number of nitrogens with one attached hydrogen (secondary N) is 1. The van der Waals surface area contributed by atoms with E-state index in [-0.39, 0.29) is 21.6 Å². The number of halogens is 1. The maximum absolute atomic E-state index is 12.3. The average Bonchev–Trinajstić information content (AvgIpc) is 2.99. The molecule has 3 aromatic rings. The highest BCUT2D eigenvalue weighted by Gasteiger charge is 2.21. The lowest BCUT2D eigenvalue weighted by atomic mass is 10.2. The van der Waals surface area contributed by atoms with Crippen molar-refractivity contribution < 1.29 is 13.2 Å². The van der Waals surface area contributed by atoms with Crippen LogP contribution in [0.3, 0.4) is 0 Å². The number of rotatable bonds is 5. The molecule has 3 heterocycles. The second-order valence-electron chi connectivity index (χ2n) is 5.24. The van der Waals surface area contributed by atoms with E-state index >= 15 is 0 Å². The van der Waals surface area contributed by atoms with E-state index in [0.29, 0.717) is 17.8 Å². The van der Waals surface area contributed by atoms with Gasteiger partial charge in [-0.1, -0.05) is 18.5 Å². The summed E-state index contributed by atoms with van der Waals surface area (Å²) >= 11 is 5.91. The Morgan fingerprint density at radius 3 is 2.80 bits per heavy atom. The smallest absolute Gasteiger partial charge is 0.258 e. The molecule has 130 valence electrons. The second-order valence-corrected chi connectivity index (χ2v) is 7.60. The normalized spacial score (nSPS) is 11.6. The summed E-state index contributed by atoms with van der Waals surface area (Å²) in [4.78, 5) is 16.1. The van der Waals surface area contributed by atoms with Crippen molar-refractivity contribution in [2.45, 2.75) is 18.5 Å². The van der Waals surface area contributed by atoms with Crippen molar-refractivity contribution in [3.8, 4) is 0 Å². The zero-order chi connectivity index (χ0) is 18.0. The van der Waals surface area contributed by atoms with Gasteiger partial charge < -0.3 is 5.32 Å². The van der Waals surface area contributed by atoms with Crippen LogP contribution < -0.4 is 5.32 Å². The first-order valence-electron chi connectivity index (χ1n) is 7.42. The summed E-state index contributed by atoms with van der Waals surface area (Å²) in [5, 5.41) is 10.2. The fraction of sp³-hybridized carbons (Fsp3) is 0.200. The number of hydrogen-bond donors (Lipinski definition) is 1. The molecule has 25 heavy (non-hydrogen) atoms. The van der Waals surface area contributed by atoms with E-state index in [4.69, 9.17) is 11.6 Å². The van der Waals surface area contributed by atoms with Gasteiger partial charge in [0.1, 0.15) is 5.15 Å². The Hall–Kier alpha value is -2.52. The van der Waals surface area contributed by atoms with Crippen LogP contribution in [0.15, 0.2) is 41.8 Å². The molecule has 0 saturated carbocycles. The Labute approximate surface area is 148 Å². The lowest BCUT2D eigenvalue weighted by Crippen LogP contribution is -2.14. The zero-order valence-corrected chi connectivity index (χ0v) is 14.8. The molecule has 8 nitrogen and oxygen atoms in total. The second kappa shape index (κ2) is 6.77. The van der Waals surface area contributed by atoms with Crippen molar-refractivity contribution in [2.24, 2.45) is 0 Å². The maximum atomic E-state index is 12.3. The number of nitrogens with zero attached hydrogens (tertiary/aromatic N) is 4. The number of sulfone groups is 1. The van der Waals surface area contributed by atoms with Gasteiger partial charge in [-0.2, -0.15) is 0 Å². The third-order valence-corrected chi connectivity index (χ3v) is 5.47. The van der Waals surface area contributed by atoms with Gasteiger partial charge in [-0.25, -0.2) is 13.4 Å². The molecule has 0 saturated heterocycles. The molecular formula is C15H14ClN5O3S. The molecule has 0 spiro atoms. The number of fused-ring (bicyclic) bond motifs is 1. The predicted octanol–water partition coefficient (Wildman–Crippen LogP) is 2.21. The Morgan fingerprint density at radius 2 is 2.08 bits per heavy atom. The van der Waals surface area contributed by atoms with Crippen molar-refractivity contribution >= 4 is 38.7 Å². The summed E-state index contributed by atoms with van der Waals surface area (Å²) in [6.07, 6.45) is 3.40. The SMILES string of the molecule is CCCS(=O)(=O)c1nnc2ccc(NC(=O)c3cccnc3Cl)cn12. The number of pyridine rings is 2. The Morgan fingerprint density at radius 1 is 1.28 bits per heavy atom. The molecule has 10 heteroatoms. The fourth-order valence-electron chi connectivity index (χ4n) is 2.27. The molecule has 1 N–H and O–H groups in total. The number of carbonyl (C=O) groups is 1. The van der Waals surface area contributed by atoms with Gasteiger partial charge in [0.25, 0.3) is 11.1 Å². The molecule has 0 fully saturated rings. The Bertz CT molecular complexity index is 1050. The van der Waals surface area contributed by atoms with Crippen molar-refractivity contribution in [3.05, 3.63) is 47.4 Å². The number of hydrogen-bond acceptors (Lipinski definition) is 6. The van der Waals surface area contributed by atoms with Crippen LogP contribution in [0, 0.1) is 0 Å². The first-order valence-corrected chi connectivity index (χ1v) is 9.45. The molecule has 1 amide bonds. The summed E-state index contributed by atoms with van der Waals surface area (Å²) < 4.78 is 25.9. The van der Waals surface area contributed by atoms with Crippen LogP contribution in [-0.2, 0) is 9.84 Å². The minimum atomic E-state index is -3.55. The van der Waals surface area contributed by atoms with Gasteiger partial charge in [-0.05, 0) is 30.7 Å². The molecule has 0 aliphatic heterocycles. The van der Waals surface area contributed by atoms with E-state index in [0.717, 1.165) is 0 Å². The van der Waals surface area contributed by atoms with Gasteiger partial charge in [-0.3, -0.25) is 9.20 Å². The molecule has 0 aliphatic rings. The lowest BCUT2D eigenvalue weighted by molar-refractivity contribution is 0.102. The molecule has 0 aromatic carbocycles. The lowest BCUT2D eigenvalue weighted by Gasteiger charge is -2.07. The monoisotopic (exact) mass is 379 g/mol. The van der Waals surface area contributed by atoms with E-state index in [9.17, 15) is 13.2 Å². The van der Waals surface area contributed by atoms with Crippen LogP contribution >= 0.6 is 11.6 Å². The van der Waals surface area contributed by atoms with Crippen LogP contribution in [0.5, 0.6) is 0 Å². The van der Waals surface area contributed by atoms with Crippen LogP contribution in [0.2, 0.25) is 5.15 Å². The van der Waals surface area contributed by atoms with Gasteiger partial charge >= 0.3 is 0 Å². The number of anilines is 1. The quantitative estimate of drug-likeness (QED) is 0.681. The van der Waals surface area contributed by atoms with Crippen molar-refractivity contribution in [1.82, 2.24) is 19.6 Å².